The van der Waals surface area contributed by atoms with Crippen molar-refractivity contribution in [2.24, 2.45) is 5.41 Å². The molecule has 1 heterocycles. The molecule has 6 nitrogen and oxygen atoms in total. The fourth-order valence-electron chi connectivity index (χ4n) is 1.05. The first-order chi connectivity index (χ1) is 7.20. The van der Waals surface area contributed by atoms with Gasteiger partial charge in [0.25, 0.3) is 0 Å². The van der Waals surface area contributed by atoms with Crippen molar-refractivity contribution in [3.63, 3.8) is 0 Å². The number of nitrogens with zero attached hydrogens (tertiary/aromatic N) is 2. The molecule has 0 aliphatic carbocycles. The van der Waals surface area contributed by atoms with Crippen molar-refractivity contribution >= 4 is 0 Å². The minimum atomic E-state index is -0.477. The average Bonchev–Trinajstić information content (AvgIpc) is 2.77. The Morgan fingerprint density at radius 1 is 1.47 bits per heavy atom. The van der Waals surface area contributed by atoms with E-state index in [0.717, 1.165) is 0 Å². The van der Waals surface area contributed by atoms with E-state index >= 15 is 0 Å². The maximum Gasteiger partial charge on any atom is 0.227 e. The van der Waals surface area contributed by atoms with Gasteiger partial charge in [-0.1, -0.05) is 12.1 Å². The van der Waals surface area contributed by atoms with Gasteiger partial charge in [0.05, 0.1) is 13.2 Å². The van der Waals surface area contributed by atoms with Crippen LogP contribution in [0.4, 0.5) is 0 Å². The summed E-state index contributed by atoms with van der Waals surface area (Å²) >= 11 is 0. The molecular formula is C9H17N3O3. The third-order valence-electron chi connectivity index (χ3n) is 2.24. The number of nitrogens with one attached hydrogen (secondary N) is 1. The topological polar surface area (TPSA) is 91.4 Å². The van der Waals surface area contributed by atoms with E-state index in [1.54, 1.807) is 0 Å². The smallest absolute Gasteiger partial charge is 0.227 e. The molecule has 0 atom stereocenters. The Morgan fingerprint density at radius 2 is 2.20 bits per heavy atom. The van der Waals surface area contributed by atoms with Crippen LogP contribution < -0.4 is 5.32 Å². The van der Waals surface area contributed by atoms with E-state index in [1.807, 2.05) is 6.92 Å². The molecule has 0 saturated carbocycles. The van der Waals surface area contributed by atoms with Crippen LogP contribution in [-0.4, -0.2) is 46.7 Å². The van der Waals surface area contributed by atoms with Gasteiger partial charge in [0.2, 0.25) is 5.89 Å². The predicted octanol–water partition coefficient (Wildman–Crippen LogP) is -0.807. The normalized spacial score (nSPS) is 11.9. The second-order valence-corrected chi connectivity index (χ2v) is 3.89. The molecule has 0 amide bonds. The van der Waals surface area contributed by atoms with Crippen LogP contribution in [-0.2, 0) is 6.42 Å². The number of aromatic nitrogens is 2. The van der Waals surface area contributed by atoms with E-state index in [9.17, 15) is 0 Å². The molecule has 1 rings (SSSR count). The minimum Gasteiger partial charge on any atom is -0.396 e. The summed E-state index contributed by atoms with van der Waals surface area (Å²) < 4.78 is 4.82. The molecule has 0 aliphatic rings. The third kappa shape index (κ3) is 3.94. The predicted molar refractivity (Wildman–Crippen MR) is 53.2 cm³/mol. The molecule has 1 aromatic heterocycles. The zero-order chi connectivity index (χ0) is 11.1. The highest BCUT2D eigenvalue weighted by Gasteiger charge is 2.21. The lowest BCUT2D eigenvalue weighted by Gasteiger charge is -2.24. The van der Waals surface area contributed by atoms with Crippen molar-refractivity contribution < 1.29 is 14.7 Å². The van der Waals surface area contributed by atoms with Crippen LogP contribution in [0.3, 0.4) is 0 Å². The van der Waals surface area contributed by atoms with Gasteiger partial charge < -0.3 is 20.1 Å². The Labute approximate surface area is 88.3 Å². The lowest BCUT2D eigenvalue weighted by molar-refractivity contribution is 0.0699. The Bertz CT molecular complexity index is 260. The fourth-order valence-corrected chi connectivity index (χ4v) is 1.05. The van der Waals surface area contributed by atoms with Gasteiger partial charge in [0.1, 0.15) is 0 Å². The van der Waals surface area contributed by atoms with Crippen molar-refractivity contribution in [3.05, 3.63) is 12.2 Å². The molecule has 0 aromatic carbocycles. The molecule has 0 aliphatic heterocycles. The number of aliphatic hydroxyl groups excluding tert-OH is 2. The lowest BCUT2D eigenvalue weighted by atomic mass is 9.93. The van der Waals surface area contributed by atoms with Crippen LogP contribution in [0, 0.1) is 5.41 Å². The zero-order valence-electron chi connectivity index (χ0n) is 8.81. The molecule has 15 heavy (non-hydrogen) atoms. The number of hydrogen-bond donors (Lipinski definition) is 3. The van der Waals surface area contributed by atoms with E-state index in [-0.39, 0.29) is 13.2 Å². The van der Waals surface area contributed by atoms with Crippen LogP contribution in [0.1, 0.15) is 12.8 Å². The van der Waals surface area contributed by atoms with Crippen LogP contribution in [0.5, 0.6) is 0 Å². The van der Waals surface area contributed by atoms with Gasteiger partial charge in [-0.05, 0) is 0 Å². The molecule has 3 N–H and O–H groups in total. The molecule has 6 heteroatoms. The molecule has 0 unspecified atom stereocenters. The highest BCUT2D eigenvalue weighted by atomic mass is 16.5. The SMILES string of the molecule is CC(CO)(CO)CNCCc1ncno1. The highest BCUT2D eigenvalue weighted by Crippen LogP contribution is 2.11. The standard InChI is InChI=1S/C9H17N3O3/c1-9(5-13,6-14)4-10-3-2-8-11-7-12-15-8/h7,10,13-14H,2-6H2,1H3. The summed E-state index contributed by atoms with van der Waals surface area (Å²) in [7, 11) is 0. The Morgan fingerprint density at radius 3 is 2.73 bits per heavy atom. The van der Waals surface area contributed by atoms with Crippen molar-refractivity contribution in [1.29, 1.82) is 0 Å². The van der Waals surface area contributed by atoms with E-state index in [2.05, 4.69) is 15.5 Å². The fraction of sp³-hybridized carbons (Fsp3) is 0.778. The first-order valence-electron chi connectivity index (χ1n) is 4.88. The molecule has 0 saturated heterocycles. The highest BCUT2D eigenvalue weighted by molar-refractivity contribution is 4.78. The maximum absolute atomic E-state index is 9.03. The second kappa shape index (κ2) is 5.79. The summed E-state index contributed by atoms with van der Waals surface area (Å²) in [6, 6.07) is 0. The number of aliphatic hydroxyl groups is 2. The first kappa shape index (κ1) is 12.1. The number of hydrogen-bond acceptors (Lipinski definition) is 6. The van der Waals surface area contributed by atoms with E-state index < -0.39 is 5.41 Å². The van der Waals surface area contributed by atoms with Crippen molar-refractivity contribution in [2.75, 3.05) is 26.3 Å². The van der Waals surface area contributed by atoms with Crippen LogP contribution in [0.2, 0.25) is 0 Å². The Hall–Kier alpha value is -0.980. The quantitative estimate of drug-likeness (QED) is 0.515. The van der Waals surface area contributed by atoms with E-state index in [1.165, 1.54) is 6.33 Å². The summed E-state index contributed by atoms with van der Waals surface area (Å²) in [5, 5.41) is 24.7. The van der Waals surface area contributed by atoms with Crippen molar-refractivity contribution in [2.45, 2.75) is 13.3 Å². The Kier molecular flexibility index (Phi) is 4.67. The number of rotatable bonds is 7. The summed E-state index contributed by atoms with van der Waals surface area (Å²) in [5.41, 5.74) is -0.477. The van der Waals surface area contributed by atoms with Crippen molar-refractivity contribution in [1.82, 2.24) is 15.5 Å². The van der Waals surface area contributed by atoms with Crippen LogP contribution in [0.25, 0.3) is 0 Å². The monoisotopic (exact) mass is 215 g/mol. The molecule has 0 bridgehead atoms. The van der Waals surface area contributed by atoms with Gasteiger partial charge in [0, 0.05) is 24.9 Å². The third-order valence-corrected chi connectivity index (χ3v) is 2.24. The van der Waals surface area contributed by atoms with Gasteiger partial charge >= 0.3 is 0 Å². The molecular weight excluding hydrogens is 198 g/mol. The second-order valence-electron chi connectivity index (χ2n) is 3.89. The maximum atomic E-state index is 9.03. The van der Waals surface area contributed by atoms with Gasteiger partial charge in [-0.2, -0.15) is 4.98 Å². The van der Waals surface area contributed by atoms with Crippen LogP contribution >= 0.6 is 0 Å². The van der Waals surface area contributed by atoms with Crippen LogP contribution in [0.15, 0.2) is 10.9 Å². The summed E-state index contributed by atoms with van der Waals surface area (Å²) in [6.45, 7) is 2.95. The molecule has 86 valence electrons. The van der Waals surface area contributed by atoms with E-state index in [0.29, 0.717) is 25.4 Å². The summed E-state index contributed by atoms with van der Waals surface area (Å²) in [5.74, 6) is 0.581. The molecule has 0 fully saturated rings. The van der Waals surface area contributed by atoms with Gasteiger partial charge in [-0.25, -0.2) is 0 Å². The zero-order valence-corrected chi connectivity index (χ0v) is 8.81. The first-order valence-corrected chi connectivity index (χ1v) is 4.88. The van der Waals surface area contributed by atoms with E-state index in [4.69, 9.17) is 14.7 Å². The molecule has 0 spiro atoms. The van der Waals surface area contributed by atoms with Gasteiger partial charge in [-0.3, -0.25) is 0 Å². The van der Waals surface area contributed by atoms with Gasteiger partial charge in [0.15, 0.2) is 6.33 Å². The lowest BCUT2D eigenvalue weighted by Crippen LogP contribution is -2.38. The minimum absolute atomic E-state index is 0.0446. The largest absolute Gasteiger partial charge is 0.396 e. The summed E-state index contributed by atoms with van der Waals surface area (Å²) in [4.78, 5) is 3.87. The van der Waals surface area contributed by atoms with Crippen molar-refractivity contribution in [3.8, 4) is 0 Å². The Balaban J connectivity index is 2.16. The molecule has 0 radical (unpaired) electrons. The van der Waals surface area contributed by atoms with Gasteiger partial charge in [-0.15, -0.1) is 0 Å². The molecule has 1 aromatic rings. The average molecular weight is 215 g/mol. The summed E-state index contributed by atoms with van der Waals surface area (Å²) in [6.07, 6.45) is 2.01.